The molecule has 0 atom stereocenters. The lowest BCUT2D eigenvalue weighted by Gasteiger charge is -2.09. The van der Waals surface area contributed by atoms with Gasteiger partial charge in [-0.1, -0.05) is 52.3 Å². The predicted octanol–water partition coefficient (Wildman–Crippen LogP) is 4.79. The minimum atomic E-state index is -0.280. The summed E-state index contributed by atoms with van der Waals surface area (Å²) in [6.07, 6.45) is 0. The van der Waals surface area contributed by atoms with Gasteiger partial charge in [-0.2, -0.15) is 0 Å². The van der Waals surface area contributed by atoms with Crippen molar-refractivity contribution in [3.8, 4) is 11.1 Å². The van der Waals surface area contributed by atoms with Gasteiger partial charge >= 0.3 is 0 Å². The summed E-state index contributed by atoms with van der Waals surface area (Å²) in [6.45, 7) is 1.97. The van der Waals surface area contributed by atoms with E-state index in [1.807, 2.05) is 36.4 Å². The number of carbonyl (C=O) groups is 2. The van der Waals surface area contributed by atoms with E-state index in [4.69, 9.17) is 0 Å². The Kier molecular flexibility index (Phi) is 6.04. The molecule has 0 spiro atoms. The number of anilines is 1. The molecule has 3 aromatic rings. The zero-order valence-electron chi connectivity index (χ0n) is 14.8. The Bertz CT molecular complexity index is 951. The van der Waals surface area contributed by atoms with Crippen molar-refractivity contribution in [3.05, 3.63) is 88.4 Å². The maximum Gasteiger partial charge on any atom is 0.251 e. The fourth-order valence-corrected chi connectivity index (χ4v) is 2.96. The molecule has 2 amide bonds. The van der Waals surface area contributed by atoms with Gasteiger partial charge in [-0.15, -0.1) is 0 Å². The molecule has 136 valence electrons. The third kappa shape index (κ3) is 5.05. The topological polar surface area (TPSA) is 58.2 Å². The molecule has 0 bridgehead atoms. The van der Waals surface area contributed by atoms with Gasteiger partial charge in [0.25, 0.3) is 5.91 Å². The van der Waals surface area contributed by atoms with E-state index in [-0.39, 0.29) is 18.4 Å². The van der Waals surface area contributed by atoms with Gasteiger partial charge in [0.2, 0.25) is 5.91 Å². The van der Waals surface area contributed by atoms with Crippen LogP contribution in [0.5, 0.6) is 0 Å². The Labute approximate surface area is 166 Å². The van der Waals surface area contributed by atoms with E-state index in [9.17, 15) is 9.59 Å². The lowest BCUT2D eigenvalue weighted by Crippen LogP contribution is -2.32. The molecule has 2 N–H and O–H groups in total. The van der Waals surface area contributed by atoms with Gasteiger partial charge in [0.1, 0.15) is 0 Å². The number of hydrogen-bond acceptors (Lipinski definition) is 2. The number of nitrogens with one attached hydrogen (secondary N) is 2. The fourth-order valence-electron chi connectivity index (χ4n) is 2.70. The molecule has 27 heavy (non-hydrogen) atoms. The maximum atomic E-state index is 12.3. The summed E-state index contributed by atoms with van der Waals surface area (Å²) in [6, 6.07) is 22.7. The predicted molar refractivity (Wildman–Crippen MR) is 112 cm³/mol. The maximum absolute atomic E-state index is 12.3. The molecule has 0 radical (unpaired) electrons. The first-order chi connectivity index (χ1) is 13.0. The van der Waals surface area contributed by atoms with E-state index in [1.165, 1.54) is 5.56 Å². The van der Waals surface area contributed by atoms with Crippen molar-refractivity contribution >= 4 is 33.4 Å². The Balaban J connectivity index is 1.57. The van der Waals surface area contributed by atoms with Crippen LogP contribution < -0.4 is 10.6 Å². The van der Waals surface area contributed by atoms with Gasteiger partial charge < -0.3 is 10.6 Å². The molecule has 0 unspecified atom stereocenters. The first-order valence-corrected chi connectivity index (χ1v) is 9.32. The molecule has 0 aliphatic carbocycles. The highest BCUT2D eigenvalue weighted by atomic mass is 79.9. The summed E-state index contributed by atoms with van der Waals surface area (Å²) in [5.74, 6) is -0.556. The van der Waals surface area contributed by atoms with Crippen molar-refractivity contribution in [3.63, 3.8) is 0 Å². The van der Waals surface area contributed by atoms with Crippen molar-refractivity contribution < 1.29 is 9.59 Å². The molecule has 0 fully saturated rings. The smallest absolute Gasteiger partial charge is 0.251 e. The zero-order valence-corrected chi connectivity index (χ0v) is 16.4. The molecule has 0 aromatic heterocycles. The number of halogens is 1. The van der Waals surface area contributed by atoms with Crippen molar-refractivity contribution in [1.29, 1.82) is 0 Å². The third-order valence-corrected chi connectivity index (χ3v) is 4.67. The monoisotopic (exact) mass is 422 g/mol. The fraction of sp³-hybridized carbons (Fsp3) is 0.0909. The molecule has 0 aliphatic rings. The van der Waals surface area contributed by atoms with Crippen LogP contribution in [0.25, 0.3) is 11.1 Å². The summed E-state index contributed by atoms with van der Waals surface area (Å²) in [5.41, 5.74) is 4.57. The third-order valence-electron chi connectivity index (χ3n) is 4.14. The van der Waals surface area contributed by atoms with Crippen LogP contribution >= 0.6 is 15.9 Å². The van der Waals surface area contributed by atoms with Crippen molar-refractivity contribution in [2.24, 2.45) is 0 Å². The number of hydrogen-bond donors (Lipinski definition) is 2. The Morgan fingerprint density at radius 2 is 1.56 bits per heavy atom. The second-order valence-electron chi connectivity index (χ2n) is 6.13. The van der Waals surface area contributed by atoms with Crippen molar-refractivity contribution in [2.45, 2.75) is 6.92 Å². The van der Waals surface area contributed by atoms with Crippen LogP contribution in [0.4, 0.5) is 5.69 Å². The minimum absolute atomic E-state index is 0.0888. The first-order valence-electron chi connectivity index (χ1n) is 8.52. The molecule has 5 heteroatoms. The first kappa shape index (κ1) is 18.9. The van der Waals surface area contributed by atoms with E-state index in [0.29, 0.717) is 11.3 Å². The summed E-state index contributed by atoms with van der Waals surface area (Å²) < 4.78 is 0.933. The summed E-state index contributed by atoms with van der Waals surface area (Å²) in [5, 5.41) is 5.38. The average Bonchev–Trinajstić information content (AvgIpc) is 2.68. The Morgan fingerprint density at radius 1 is 0.889 bits per heavy atom. The quantitative estimate of drug-likeness (QED) is 0.620. The molecule has 0 saturated carbocycles. The van der Waals surface area contributed by atoms with E-state index >= 15 is 0 Å². The minimum Gasteiger partial charge on any atom is -0.343 e. The van der Waals surface area contributed by atoms with Crippen LogP contribution in [0.15, 0.2) is 77.3 Å². The van der Waals surface area contributed by atoms with Crippen LogP contribution in [0.3, 0.4) is 0 Å². The lowest BCUT2D eigenvalue weighted by molar-refractivity contribution is -0.115. The molecule has 3 aromatic carbocycles. The van der Waals surface area contributed by atoms with Crippen LogP contribution in [-0.2, 0) is 4.79 Å². The number of aryl methyl sites for hydroxylation is 1. The molecular weight excluding hydrogens is 404 g/mol. The number of benzene rings is 3. The summed E-state index contributed by atoms with van der Waals surface area (Å²) in [7, 11) is 0. The Hall–Kier alpha value is -2.92. The molecule has 0 saturated heterocycles. The molecule has 4 nitrogen and oxygen atoms in total. The largest absolute Gasteiger partial charge is 0.343 e. The number of rotatable bonds is 5. The van der Waals surface area contributed by atoms with E-state index in [0.717, 1.165) is 15.6 Å². The van der Waals surface area contributed by atoms with Gasteiger partial charge in [0.05, 0.1) is 6.54 Å². The average molecular weight is 423 g/mol. The summed E-state index contributed by atoms with van der Waals surface area (Å²) in [4.78, 5) is 24.2. The molecular formula is C22H19BrN2O2. The van der Waals surface area contributed by atoms with E-state index in [1.54, 1.807) is 24.3 Å². The normalized spacial score (nSPS) is 10.3. The standard InChI is InChI=1S/C22H19BrN2O2/c1-15-4-2-3-5-20(15)16-6-8-17(9-7-16)22(27)24-14-21(26)25-19-12-10-18(23)11-13-19/h2-13H,14H2,1H3,(H,24,27)(H,25,26). The van der Waals surface area contributed by atoms with Gasteiger partial charge in [-0.05, 0) is 60.0 Å². The van der Waals surface area contributed by atoms with Crippen LogP contribution in [0, 0.1) is 6.92 Å². The van der Waals surface area contributed by atoms with E-state index in [2.05, 4.69) is 45.6 Å². The van der Waals surface area contributed by atoms with Crippen LogP contribution in [0.1, 0.15) is 15.9 Å². The highest BCUT2D eigenvalue weighted by molar-refractivity contribution is 9.10. The highest BCUT2D eigenvalue weighted by Crippen LogP contribution is 2.23. The Morgan fingerprint density at radius 3 is 2.22 bits per heavy atom. The van der Waals surface area contributed by atoms with Gasteiger partial charge in [-0.25, -0.2) is 0 Å². The van der Waals surface area contributed by atoms with Crippen molar-refractivity contribution in [1.82, 2.24) is 5.32 Å². The SMILES string of the molecule is Cc1ccccc1-c1ccc(C(=O)NCC(=O)Nc2ccc(Br)cc2)cc1. The van der Waals surface area contributed by atoms with Crippen LogP contribution in [-0.4, -0.2) is 18.4 Å². The van der Waals surface area contributed by atoms with Crippen molar-refractivity contribution in [2.75, 3.05) is 11.9 Å². The lowest BCUT2D eigenvalue weighted by atomic mass is 9.99. The second kappa shape index (κ2) is 8.64. The van der Waals surface area contributed by atoms with E-state index < -0.39 is 0 Å². The van der Waals surface area contributed by atoms with Gasteiger partial charge in [0.15, 0.2) is 0 Å². The van der Waals surface area contributed by atoms with Crippen LogP contribution in [0.2, 0.25) is 0 Å². The molecule has 0 aliphatic heterocycles. The van der Waals surface area contributed by atoms with Gasteiger partial charge in [0, 0.05) is 15.7 Å². The number of amides is 2. The second-order valence-corrected chi connectivity index (χ2v) is 7.05. The zero-order chi connectivity index (χ0) is 19.2. The number of carbonyl (C=O) groups excluding carboxylic acids is 2. The summed E-state index contributed by atoms with van der Waals surface area (Å²) >= 11 is 3.34. The van der Waals surface area contributed by atoms with Gasteiger partial charge in [-0.3, -0.25) is 9.59 Å². The molecule has 3 rings (SSSR count). The molecule has 0 heterocycles. The highest BCUT2D eigenvalue weighted by Gasteiger charge is 2.09.